The van der Waals surface area contributed by atoms with Crippen molar-refractivity contribution >= 4 is 11.9 Å². The van der Waals surface area contributed by atoms with Crippen molar-refractivity contribution in [3.8, 4) is 0 Å². The van der Waals surface area contributed by atoms with Crippen LogP contribution in [0.5, 0.6) is 0 Å². The zero-order chi connectivity index (χ0) is 15.4. The van der Waals surface area contributed by atoms with Crippen LogP contribution in [-0.4, -0.2) is 34.5 Å². The van der Waals surface area contributed by atoms with Gasteiger partial charge in [0.05, 0.1) is 5.92 Å². The highest BCUT2D eigenvalue weighted by molar-refractivity contribution is 5.80. The van der Waals surface area contributed by atoms with Crippen molar-refractivity contribution in [2.45, 2.75) is 71.3 Å². The van der Waals surface area contributed by atoms with E-state index in [4.69, 9.17) is 0 Å². The van der Waals surface area contributed by atoms with Crippen molar-refractivity contribution in [1.29, 1.82) is 0 Å². The SMILES string of the molecule is CCC(CC1CCCC1)C(=O)N1CC(C(=O)O)CCC1C. The summed E-state index contributed by atoms with van der Waals surface area (Å²) < 4.78 is 0. The average Bonchev–Trinajstić information content (AvgIpc) is 2.97. The van der Waals surface area contributed by atoms with Crippen LogP contribution in [0.3, 0.4) is 0 Å². The summed E-state index contributed by atoms with van der Waals surface area (Å²) in [4.78, 5) is 25.9. The number of hydrogen-bond donors (Lipinski definition) is 1. The number of aliphatic carboxylic acids is 1. The van der Waals surface area contributed by atoms with E-state index in [-0.39, 0.29) is 23.8 Å². The molecule has 0 aromatic rings. The Kier molecular flexibility index (Phi) is 5.65. The van der Waals surface area contributed by atoms with Gasteiger partial charge in [0.1, 0.15) is 0 Å². The summed E-state index contributed by atoms with van der Waals surface area (Å²) in [5.41, 5.74) is 0. The van der Waals surface area contributed by atoms with Gasteiger partial charge in [0, 0.05) is 18.5 Å². The molecule has 0 bridgehead atoms. The molecule has 21 heavy (non-hydrogen) atoms. The number of hydrogen-bond acceptors (Lipinski definition) is 2. The first kappa shape index (κ1) is 16.3. The number of rotatable bonds is 5. The van der Waals surface area contributed by atoms with Crippen LogP contribution in [0.15, 0.2) is 0 Å². The highest BCUT2D eigenvalue weighted by Crippen LogP contribution is 2.33. The number of piperidine rings is 1. The molecule has 0 aromatic heterocycles. The first-order valence-corrected chi connectivity index (χ1v) is 8.56. The van der Waals surface area contributed by atoms with Gasteiger partial charge in [-0.2, -0.15) is 0 Å². The van der Waals surface area contributed by atoms with Crippen LogP contribution in [-0.2, 0) is 9.59 Å². The molecule has 1 N–H and O–H groups in total. The van der Waals surface area contributed by atoms with Gasteiger partial charge < -0.3 is 10.0 Å². The molecule has 1 saturated heterocycles. The molecular formula is C17H29NO3. The van der Waals surface area contributed by atoms with E-state index in [1.54, 1.807) is 0 Å². The van der Waals surface area contributed by atoms with Crippen LogP contribution in [0, 0.1) is 17.8 Å². The number of carboxylic acids is 1. The minimum atomic E-state index is -0.761. The molecule has 2 aliphatic rings. The Balaban J connectivity index is 1.98. The molecule has 1 amide bonds. The van der Waals surface area contributed by atoms with Gasteiger partial charge in [-0.1, -0.05) is 32.6 Å². The van der Waals surface area contributed by atoms with Crippen LogP contribution in [0.1, 0.15) is 65.2 Å². The molecule has 0 radical (unpaired) electrons. The molecule has 1 aliphatic heterocycles. The summed E-state index contributed by atoms with van der Waals surface area (Å²) in [5.74, 6) is -0.155. The molecule has 4 nitrogen and oxygen atoms in total. The Bertz CT molecular complexity index is 376. The van der Waals surface area contributed by atoms with Gasteiger partial charge in [0.25, 0.3) is 0 Å². The second-order valence-corrected chi connectivity index (χ2v) is 6.94. The Morgan fingerprint density at radius 3 is 2.43 bits per heavy atom. The highest BCUT2D eigenvalue weighted by Gasteiger charge is 2.35. The fourth-order valence-corrected chi connectivity index (χ4v) is 3.94. The number of nitrogens with zero attached hydrogens (tertiary/aromatic N) is 1. The minimum absolute atomic E-state index is 0.0862. The monoisotopic (exact) mass is 295 g/mol. The van der Waals surface area contributed by atoms with Crippen LogP contribution in [0.4, 0.5) is 0 Å². The lowest BCUT2D eigenvalue weighted by Gasteiger charge is -2.38. The molecule has 120 valence electrons. The molecule has 2 rings (SSSR count). The van der Waals surface area contributed by atoms with Crippen LogP contribution < -0.4 is 0 Å². The van der Waals surface area contributed by atoms with E-state index in [0.717, 1.165) is 19.3 Å². The predicted molar refractivity (Wildman–Crippen MR) is 81.9 cm³/mol. The van der Waals surface area contributed by atoms with Crippen LogP contribution in [0.2, 0.25) is 0 Å². The van der Waals surface area contributed by atoms with E-state index in [0.29, 0.717) is 18.9 Å². The Labute approximate surface area is 127 Å². The van der Waals surface area contributed by atoms with Crippen LogP contribution in [0.25, 0.3) is 0 Å². The minimum Gasteiger partial charge on any atom is -0.481 e. The van der Waals surface area contributed by atoms with E-state index in [1.165, 1.54) is 25.7 Å². The second kappa shape index (κ2) is 7.28. The summed E-state index contributed by atoms with van der Waals surface area (Å²) in [6, 6.07) is 0.186. The van der Waals surface area contributed by atoms with E-state index in [9.17, 15) is 14.7 Å². The maximum atomic E-state index is 12.8. The summed E-state index contributed by atoms with van der Waals surface area (Å²) in [7, 11) is 0. The van der Waals surface area contributed by atoms with Crippen molar-refractivity contribution in [2.75, 3.05) is 6.54 Å². The van der Waals surface area contributed by atoms with Gasteiger partial charge in [0.2, 0.25) is 5.91 Å². The molecular weight excluding hydrogens is 266 g/mol. The molecule has 2 fully saturated rings. The lowest BCUT2D eigenvalue weighted by Crippen LogP contribution is -2.49. The molecule has 1 saturated carbocycles. The van der Waals surface area contributed by atoms with E-state index in [2.05, 4.69) is 13.8 Å². The first-order valence-electron chi connectivity index (χ1n) is 8.56. The Morgan fingerprint density at radius 1 is 1.19 bits per heavy atom. The van der Waals surface area contributed by atoms with Crippen LogP contribution >= 0.6 is 0 Å². The van der Waals surface area contributed by atoms with Crippen molar-refractivity contribution in [3.63, 3.8) is 0 Å². The third kappa shape index (κ3) is 3.98. The molecule has 1 heterocycles. The van der Waals surface area contributed by atoms with Gasteiger partial charge >= 0.3 is 5.97 Å². The van der Waals surface area contributed by atoms with Crippen molar-refractivity contribution < 1.29 is 14.7 Å². The second-order valence-electron chi connectivity index (χ2n) is 6.94. The fraction of sp³-hybridized carbons (Fsp3) is 0.882. The lowest BCUT2D eigenvalue weighted by atomic mass is 9.87. The maximum Gasteiger partial charge on any atom is 0.308 e. The zero-order valence-corrected chi connectivity index (χ0v) is 13.4. The smallest absolute Gasteiger partial charge is 0.308 e. The average molecular weight is 295 g/mol. The third-order valence-electron chi connectivity index (χ3n) is 5.45. The molecule has 0 spiro atoms. The number of carbonyl (C=O) groups is 2. The normalized spacial score (nSPS) is 28.6. The van der Waals surface area contributed by atoms with E-state index < -0.39 is 5.97 Å². The summed E-state index contributed by atoms with van der Waals surface area (Å²) in [6.45, 7) is 4.54. The number of likely N-dealkylation sites (tertiary alicyclic amines) is 1. The summed E-state index contributed by atoms with van der Waals surface area (Å²) in [5, 5.41) is 9.21. The van der Waals surface area contributed by atoms with Crippen molar-refractivity contribution in [2.24, 2.45) is 17.8 Å². The molecule has 4 heteroatoms. The number of amides is 1. The Morgan fingerprint density at radius 2 is 1.86 bits per heavy atom. The fourth-order valence-electron chi connectivity index (χ4n) is 3.94. The number of carboxylic acid groups (broad SMARTS) is 1. The molecule has 3 unspecified atom stereocenters. The maximum absolute atomic E-state index is 12.8. The third-order valence-corrected chi connectivity index (χ3v) is 5.45. The van der Waals surface area contributed by atoms with Gasteiger partial charge in [-0.25, -0.2) is 0 Å². The molecule has 0 aromatic carbocycles. The highest BCUT2D eigenvalue weighted by atomic mass is 16.4. The van der Waals surface area contributed by atoms with Crippen molar-refractivity contribution in [1.82, 2.24) is 4.90 Å². The largest absolute Gasteiger partial charge is 0.481 e. The van der Waals surface area contributed by atoms with Crippen molar-refractivity contribution in [3.05, 3.63) is 0 Å². The number of carbonyl (C=O) groups excluding carboxylic acids is 1. The van der Waals surface area contributed by atoms with E-state index >= 15 is 0 Å². The van der Waals surface area contributed by atoms with Gasteiger partial charge in [-0.05, 0) is 38.5 Å². The molecule has 3 atom stereocenters. The zero-order valence-electron chi connectivity index (χ0n) is 13.4. The summed E-state index contributed by atoms with van der Waals surface area (Å²) in [6.07, 6.45) is 8.50. The van der Waals surface area contributed by atoms with Gasteiger partial charge in [0.15, 0.2) is 0 Å². The quantitative estimate of drug-likeness (QED) is 0.846. The standard InChI is InChI=1S/C17H29NO3/c1-3-14(10-13-6-4-5-7-13)16(19)18-11-15(17(20)21)9-8-12(18)2/h12-15H,3-11H2,1-2H3,(H,20,21). The Hall–Kier alpha value is -1.06. The summed E-state index contributed by atoms with van der Waals surface area (Å²) >= 11 is 0. The van der Waals surface area contributed by atoms with E-state index in [1.807, 2.05) is 4.90 Å². The van der Waals surface area contributed by atoms with Gasteiger partial charge in [-0.3, -0.25) is 9.59 Å². The first-order chi connectivity index (χ1) is 10.0. The molecule has 1 aliphatic carbocycles. The van der Waals surface area contributed by atoms with Gasteiger partial charge in [-0.15, -0.1) is 0 Å². The lowest BCUT2D eigenvalue weighted by molar-refractivity contribution is -0.149. The topological polar surface area (TPSA) is 57.6 Å². The predicted octanol–water partition coefficient (Wildman–Crippen LogP) is 3.30.